The lowest BCUT2D eigenvalue weighted by Gasteiger charge is -2.20. The Labute approximate surface area is 162 Å². The van der Waals surface area contributed by atoms with E-state index in [2.05, 4.69) is 10.6 Å². The zero-order chi connectivity index (χ0) is 19.1. The largest absolute Gasteiger partial charge is 0.355 e. The zero-order valence-electron chi connectivity index (χ0n) is 16.0. The Morgan fingerprint density at radius 3 is 2.41 bits per heavy atom. The molecule has 1 atom stereocenters. The second-order valence-electron chi connectivity index (χ2n) is 7.56. The van der Waals surface area contributed by atoms with Gasteiger partial charge < -0.3 is 10.6 Å². The lowest BCUT2D eigenvalue weighted by Crippen LogP contribution is -2.37. The third-order valence-corrected chi connectivity index (χ3v) is 7.39. The fourth-order valence-corrected chi connectivity index (χ4v) is 5.29. The molecule has 3 rings (SSSR count). The molecule has 0 spiro atoms. The van der Waals surface area contributed by atoms with E-state index in [1.807, 2.05) is 12.1 Å². The second-order valence-corrected chi connectivity index (χ2v) is 9.50. The SMILES string of the molecule is O=C(CCc1ccc(S(=O)(=O)N2CCCCCC2)cc1)NCC1CCCN1. The van der Waals surface area contributed by atoms with E-state index >= 15 is 0 Å². The second kappa shape index (κ2) is 9.66. The highest BCUT2D eigenvalue weighted by atomic mass is 32.2. The summed E-state index contributed by atoms with van der Waals surface area (Å²) < 4.78 is 27.2. The predicted octanol–water partition coefficient (Wildman–Crippen LogP) is 2.05. The maximum absolute atomic E-state index is 12.8. The van der Waals surface area contributed by atoms with E-state index in [4.69, 9.17) is 0 Å². The van der Waals surface area contributed by atoms with Gasteiger partial charge in [-0.05, 0) is 56.3 Å². The molecule has 6 nitrogen and oxygen atoms in total. The third-order valence-electron chi connectivity index (χ3n) is 5.47. The smallest absolute Gasteiger partial charge is 0.243 e. The number of carbonyl (C=O) groups is 1. The molecular formula is C20H31N3O3S. The number of nitrogens with zero attached hydrogens (tertiary/aromatic N) is 1. The van der Waals surface area contributed by atoms with Gasteiger partial charge in [0.05, 0.1) is 4.90 Å². The summed E-state index contributed by atoms with van der Waals surface area (Å²) in [7, 11) is -3.40. The van der Waals surface area contributed by atoms with Crippen molar-refractivity contribution in [2.45, 2.75) is 62.3 Å². The number of carbonyl (C=O) groups excluding carboxylic acids is 1. The summed E-state index contributed by atoms with van der Waals surface area (Å²) in [5, 5.41) is 6.34. The molecule has 7 heteroatoms. The summed E-state index contributed by atoms with van der Waals surface area (Å²) in [5.41, 5.74) is 0.985. The number of hydrogen-bond acceptors (Lipinski definition) is 4. The van der Waals surface area contributed by atoms with Crippen LogP contribution in [0.5, 0.6) is 0 Å². The van der Waals surface area contributed by atoms with Crippen LogP contribution in [-0.2, 0) is 21.2 Å². The number of rotatable bonds is 7. The van der Waals surface area contributed by atoms with Crippen molar-refractivity contribution in [3.05, 3.63) is 29.8 Å². The molecule has 2 saturated heterocycles. The quantitative estimate of drug-likeness (QED) is 0.743. The van der Waals surface area contributed by atoms with E-state index in [1.54, 1.807) is 16.4 Å². The molecule has 2 fully saturated rings. The van der Waals surface area contributed by atoms with Crippen molar-refractivity contribution < 1.29 is 13.2 Å². The van der Waals surface area contributed by atoms with Crippen molar-refractivity contribution in [1.82, 2.24) is 14.9 Å². The molecule has 2 heterocycles. The van der Waals surface area contributed by atoms with E-state index in [1.165, 1.54) is 6.42 Å². The van der Waals surface area contributed by atoms with Gasteiger partial charge >= 0.3 is 0 Å². The highest BCUT2D eigenvalue weighted by molar-refractivity contribution is 7.89. The normalized spacial score (nSPS) is 21.7. The van der Waals surface area contributed by atoms with Crippen LogP contribution in [0.15, 0.2) is 29.2 Å². The van der Waals surface area contributed by atoms with Crippen molar-refractivity contribution in [2.24, 2.45) is 0 Å². The highest BCUT2D eigenvalue weighted by Gasteiger charge is 2.24. The number of aryl methyl sites for hydroxylation is 1. The number of sulfonamides is 1. The van der Waals surface area contributed by atoms with E-state index in [9.17, 15) is 13.2 Å². The first-order chi connectivity index (χ1) is 13.1. The summed E-state index contributed by atoms with van der Waals surface area (Å²) in [6.07, 6.45) is 7.40. The van der Waals surface area contributed by atoms with E-state index in [0.29, 0.717) is 43.4 Å². The molecule has 27 heavy (non-hydrogen) atoms. The summed E-state index contributed by atoms with van der Waals surface area (Å²) in [5.74, 6) is 0.0463. The van der Waals surface area contributed by atoms with Crippen LogP contribution in [0, 0.1) is 0 Å². The minimum atomic E-state index is -3.40. The standard InChI is InChI=1S/C20H31N3O3S/c24-20(22-16-18-6-5-13-21-18)12-9-17-7-10-19(11-8-17)27(25,26)23-14-3-1-2-4-15-23/h7-8,10-11,18,21H,1-6,9,12-16H2,(H,22,24). The molecule has 1 amide bonds. The maximum Gasteiger partial charge on any atom is 0.243 e. The van der Waals surface area contributed by atoms with Crippen LogP contribution in [0.2, 0.25) is 0 Å². The third kappa shape index (κ3) is 5.77. The molecule has 0 radical (unpaired) electrons. The molecule has 2 aliphatic heterocycles. The average molecular weight is 394 g/mol. The van der Waals surface area contributed by atoms with Gasteiger partial charge in [-0.2, -0.15) is 4.31 Å². The van der Waals surface area contributed by atoms with E-state index in [0.717, 1.165) is 44.2 Å². The molecule has 1 unspecified atom stereocenters. The van der Waals surface area contributed by atoms with Gasteiger partial charge in [-0.1, -0.05) is 25.0 Å². The van der Waals surface area contributed by atoms with Crippen LogP contribution in [-0.4, -0.2) is 50.9 Å². The Bertz CT molecular complexity index is 704. The molecule has 0 saturated carbocycles. The Balaban J connectivity index is 1.49. The number of nitrogens with one attached hydrogen (secondary N) is 2. The van der Waals surface area contributed by atoms with Crippen molar-refractivity contribution >= 4 is 15.9 Å². The van der Waals surface area contributed by atoms with Gasteiger partial charge in [0.25, 0.3) is 0 Å². The monoisotopic (exact) mass is 393 g/mol. The Hall–Kier alpha value is -1.44. The van der Waals surface area contributed by atoms with Gasteiger partial charge in [0.15, 0.2) is 0 Å². The summed E-state index contributed by atoms with van der Waals surface area (Å²) >= 11 is 0. The predicted molar refractivity (Wildman–Crippen MR) is 106 cm³/mol. The lowest BCUT2D eigenvalue weighted by molar-refractivity contribution is -0.121. The number of hydrogen-bond donors (Lipinski definition) is 2. The van der Waals surface area contributed by atoms with Crippen molar-refractivity contribution in [1.29, 1.82) is 0 Å². The molecule has 0 aliphatic carbocycles. The Morgan fingerprint density at radius 1 is 1.07 bits per heavy atom. The summed E-state index contributed by atoms with van der Waals surface area (Å²) in [4.78, 5) is 12.3. The van der Waals surface area contributed by atoms with Gasteiger partial charge in [-0.15, -0.1) is 0 Å². The molecular weight excluding hydrogens is 362 g/mol. The molecule has 0 bridgehead atoms. The van der Waals surface area contributed by atoms with Gasteiger partial charge in [0, 0.05) is 32.1 Å². The van der Waals surface area contributed by atoms with Crippen molar-refractivity contribution in [3.63, 3.8) is 0 Å². The molecule has 2 N–H and O–H groups in total. The zero-order valence-corrected chi connectivity index (χ0v) is 16.8. The fourth-order valence-electron chi connectivity index (χ4n) is 3.77. The average Bonchev–Trinajstić information content (AvgIpc) is 3.04. The first-order valence-corrected chi connectivity index (χ1v) is 11.6. The molecule has 150 valence electrons. The van der Waals surface area contributed by atoms with Gasteiger partial charge in [0.1, 0.15) is 0 Å². The van der Waals surface area contributed by atoms with Gasteiger partial charge in [-0.3, -0.25) is 4.79 Å². The Morgan fingerprint density at radius 2 is 1.78 bits per heavy atom. The van der Waals surface area contributed by atoms with Crippen LogP contribution in [0.3, 0.4) is 0 Å². The first kappa shape index (κ1) is 20.3. The first-order valence-electron chi connectivity index (χ1n) is 10.1. The van der Waals surface area contributed by atoms with Crippen LogP contribution < -0.4 is 10.6 Å². The van der Waals surface area contributed by atoms with Gasteiger partial charge in [0.2, 0.25) is 15.9 Å². The molecule has 1 aromatic carbocycles. The highest BCUT2D eigenvalue weighted by Crippen LogP contribution is 2.21. The van der Waals surface area contributed by atoms with E-state index < -0.39 is 10.0 Å². The Kier molecular flexibility index (Phi) is 7.26. The minimum absolute atomic E-state index is 0.0463. The number of benzene rings is 1. The fraction of sp³-hybridized carbons (Fsp3) is 0.650. The minimum Gasteiger partial charge on any atom is -0.355 e. The van der Waals surface area contributed by atoms with Crippen molar-refractivity contribution in [3.8, 4) is 0 Å². The van der Waals surface area contributed by atoms with Gasteiger partial charge in [-0.25, -0.2) is 8.42 Å². The van der Waals surface area contributed by atoms with Crippen molar-refractivity contribution in [2.75, 3.05) is 26.2 Å². The van der Waals surface area contributed by atoms with Crippen LogP contribution in [0.4, 0.5) is 0 Å². The maximum atomic E-state index is 12.8. The molecule has 1 aromatic rings. The van der Waals surface area contributed by atoms with Crippen LogP contribution >= 0.6 is 0 Å². The molecule has 0 aromatic heterocycles. The topological polar surface area (TPSA) is 78.5 Å². The lowest BCUT2D eigenvalue weighted by atomic mass is 10.1. The summed E-state index contributed by atoms with van der Waals surface area (Å²) in [6, 6.07) is 7.41. The van der Waals surface area contributed by atoms with Crippen LogP contribution in [0.1, 0.15) is 50.5 Å². The number of amides is 1. The van der Waals surface area contributed by atoms with E-state index in [-0.39, 0.29) is 5.91 Å². The summed E-state index contributed by atoms with van der Waals surface area (Å²) in [6.45, 7) is 2.94. The van der Waals surface area contributed by atoms with Crippen LogP contribution in [0.25, 0.3) is 0 Å². The molecule has 2 aliphatic rings.